The van der Waals surface area contributed by atoms with Crippen molar-refractivity contribution in [2.75, 3.05) is 11.9 Å². The zero-order chi connectivity index (χ0) is 14.7. The number of hydrogen-bond donors (Lipinski definition) is 1. The molecule has 4 nitrogen and oxygen atoms in total. The first kappa shape index (κ1) is 13.6. The Labute approximate surface area is 126 Å². The maximum Gasteiger partial charge on any atom is 0.255 e. The van der Waals surface area contributed by atoms with E-state index >= 15 is 0 Å². The summed E-state index contributed by atoms with van der Waals surface area (Å²) in [5, 5.41) is 2.88. The molecule has 2 aromatic carbocycles. The molecule has 0 saturated carbocycles. The Balaban J connectivity index is 1.80. The molecule has 0 bridgehead atoms. The summed E-state index contributed by atoms with van der Waals surface area (Å²) in [5.74, 6) is 0.604. The van der Waals surface area contributed by atoms with Gasteiger partial charge in [0.2, 0.25) is 0 Å². The minimum absolute atomic E-state index is 0.140. The number of nitrogens with zero attached hydrogens (tertiary/aromatic N) is 1. The summed E-state index contributed by atoms with van der Waals surface area (Å²) >= 11 is 1.52. The highest BCUT2D eigenvalue weighted by atomic mass is 32.1. The third kappa shape index (κ3) is 3.03. The van der Waals surface area contributed by atoms with Gasteiger partial charge in [-0.25, -0.2) is 4.98 Å². The summed E-state index contributed by atoms with van der Waals surface area (Å²) in [6, 6.07) is 12.9. The Hall–Kier alpha value is -2.40. The van der Waals surface area contributed by atoms with Crippen LogP contribution >= 0.6 is 11.3 Å². The van der Waals surface area contributed by atoms with Crippen molar-refractivity contribution in [2.45, 2.75) is 6.92 Å². The second-order valence-electron chi connectivity index (χ2n) is 4.45. The van der Waals surface area contributed by atoms with Gasteiger partial charge in [-0.15, -0.1) is 11.3 Å². The Morgan fingerprint density at radius 3 is 3.05 bits per heavy atom. The average Bonchev–Trinajstić information content (AvgIpc) is 2.95. The van der Waals surface area contributed by atoms with Crippen LogP contribution < -0.4 is 10.1 Å². The first-order chi connectivity index (χ1) is 10.3. The molecule has 0 radical (unpaired) electrons. The Morgan fingerprint density at radius 1 is 1.29 bits per heavy atom. The van der Waals surface area contributed by atoms with Crippen LogP contribution in [0.15, 0.2) is 48.0 Å². The molecule has 3 rings (SSSR count). The number of amides is 1. The van der Waals surface area contributed by atoms with Gasteiger partial charge in [-0.2, -0.15) is 0 Å². The van der Waals surface area contributed by atoms with E-state index in [0.717, 1.165) is 21.7 Å². The molecule has 0 aliphatic rings. The summed E-state index contributed by atoms with van der Waals surface area (Å²) in [5.41, 5.74) is 4.02. The number of carbonyl (C=O) groups excluding carboxylic acids is 1. The number of carbonyl (C=O) groups is 1. The lowest BCUT2D eigenvalue weighted by atomic mass is 10.2. The van der Waals surface area contributed by atoms with Crippen molar-refractivity contribution in [3.63, 3.8) is 0 Å². The molecule has 0 aliphatic carbocycles. The van der Waals surface area contributed by atoms with E-state index in [1.54, 1.807) is 11.6 Å². The molecule has 0 atom stereocenters. The molecule has 0 spiro atoms. The molecular weight excluding hydrogens is 284 g/mol. The van der Waals surface area contributed by atoms with Crippen LogP contribution in [0, 0.1) is 0 Å². The van der Waals surface area contributed by atoms with Crippen molar-refractivity contribution < 1.29 is 9.53 Å². The fraction of sp³-hybridized carbons (Fsp3) is 0.125. The molecular formula is C16H14N2O2S. The molecule has 3 aromatic rings. The molecule has 0 saturated heterocycles. The SMILES string of the molecule is CCOc1cccc(NC(=O)c2ccc3ncsc3c2)c1. The molecule has 0 unspecified atom stereocenters. The molecule has 5 heteroatoms. The maximum atomic E-state index is 12.3. The predicted molar refractivity (Wildman–Crippen MR) is 85.2 cm³/mol. The van der Waals surface area contributed by atoms with E-state index in [4.69, 9.17) is 4.74 Å². The molecule has 1 aromatic heterocycles. The van der Waals surface area contributed by atoms with Crippen molar-refractivity contribution >= 4 is 33.1 Å². The van der Waals surface area contributed by atoms with Crippen LogP contribution in [0.1, 0.15) is 17.3 Å². The van der Waals surface area contributed by atoms with E-state index < -0.39 is 0 Å². The van der Waals surface area contributed by atoms with Gasteiger partial charge in [0.05, 0.1) is 22.3 Å². The topological polar surface area (TPSA) is 51.2 Å². The van der Waals surface area contributed by atoms with Crippen molar-refractivity contribution in [1.82, 2.24) is 4.98 Å². The molecule has 0 aliphatic heterocycles. The zero-order valence-electron chi connectivity index (χ0n) is 11.5. The summed E-state index contributed by atoms with van der Waals surface area (Å²) < 4.78 is 6.43. The number of thiazole rings is 1. The molecule has 1 amide bonds. The van der Waals surface area contributed by atoms with Crippen LogP contribution in [0.4, 0.5) is 5.69 Å². The third-order valence-corrected chi connectivity index (χ3v) is 3.79. The largest absolute Gasteiger partial charge is 0.494 e. The Kier molecular flexibility index (Phi) is 3.83. The smallest absolute Gasteiger partial charge is 0.255 e. The monoisotopic (exact) mass is 298 g/mol. The van der Waals surface area contributed by atoms with E-state index in [1.807, 2.05) is 43.3 Å². The number of fused-ring (bicyclic) bond motifs is 1. The van der Waals surface area contributed by atoms with Crippen molar-refractivity contribution in [2.24, 2.45) is 0 Å². The summed E-state index contributed by atoms with van der Waals surface area (Å²) in [6.45, 7) is 2.52. The van der Waals surface area contributed by atoms with Gasteiger partial charge < -0.3 is 10.1 Å². The minimum atomic E-state index is -0.140. The fourth-order valence-corrected chi connectivity index (χ4v) is 2.75. The van der Waals surface area contributed by atoms with Crippen LogP contribution in [0.3, 0.4) is 0 Å². The molecule has 21 heavy (non-hydrogen) atoms. The van der Waals surface area contributed by atoms with Gasteiger partial charge in [0.25, 0.3) is 5.91 Å². The zero-order valence-corrected chi connectivity index (χ0v) is 12.3. The van der Waals surface area contributed by atoms with Crippen LogP contribution in [0.25, 0.3) is 10.2 Å². The van der Waals surface area contributed by atoms with Gasteiger partial charge >= 0.3 is 0 Å². The first-order valence-electron chi connectivity index (χ1n) is 6.64. The van der Waals surface area contributed by atoms with E-state index in [2.05, 4.69) is 10.3 Å². The number of rotatable bonds is 4. The molecule has 1 heterocycles. The van der Waals surface area contributed by atoms with Gasteiger partial charge in [-0.3, -0.25) is 4.79 Å². The summed E-state index contributed by atoms with van der Waals surface area (Å²) in [7, 11) is 0. The Morgan fingerprint density at radius 2 is 2.19 bits per heavy atom. The number of hydrogen-bond acceptors (Lipinski definition) is 4. The standard InChI is InChI=1S/C16H14N2O2S/c1-2-20-13-5-3-4-12(9-13)18-16(19)11-6-7-14-15(8-11)21-10-17-14/h3-10H,2H2,1H3,(H,18,19). The molecule has 1 N–H and O–H groups in total. The maximum absolute atomic E-state index is 12.3. The molecule has 106 valence electrons. The van der Waals surface area contributed by atoms with Crippen LogP contribution in [0.2, 0.25) is 0 Å². The lowest BCUT2D eigenvalue weighted by Crippen LogP contribution is -2.11. The van der Waals surface area contributed by atoms with Gasteiger partial charge in [0.15, 0.2) is 0 Å². The van der Waals surface area contributed by atoms with E-state index in [-0.39, 0.29) is 5.91 Å². The average molecular weight is 298 g/mol. The Bertz CT molecular complexity index is 783. The highest BCUT2D eigenvalue weighted by Crippen LogP contribution is 2.21. The van der Waals surface area contributed by atoms with Gasteiger partial charge in [0.1, 0.15) is 5.75 Å². The normalized spacial score (nSPS) is 10.5. The fourth-order valence-electron chi connectivity index (χ4n) is 2.03. The lowest BCUT2D eigenvalue weighted by molar-refractivity contribution is 0.102. The lowest BCUT2D eigenvalue weighted by Gasteiger charge is -2.08. The van der Waals surface area contributed by atoms with Crippen molar-refractivity contribution in [3.05, 3.63) is 53.5 Å². The van der Waals surface area contributed by atoms with Gasteiger partial charge in [0, 0.05) is 17.3 Å². The van der Waals surface area contributed by atoms with Crippen molar-refractivity contribution in [1.29, 1.82) is 0 Å². The van der Waals surface area contributed by atoms with Crippen LogP contribution in [0.5, 0.6) is 5.75 Å². The number of aromatic nitrogens is 1. The predicted octanol–water partition coefficient (Wildman–Crippen LogP) is 3.95. The highest BCUT2D eigenvalue weighted by molar-refractivity contribution is 7.16. The first-order valence-corrected chi connectivity index (χ1v) is 7.51. The minimum Gasteiger partial charge on any atom is -0.494 e. The van der Waals surface area contributed by atoms with Crippen molar-refractivity contribution in [3.8, 4) is 5.75 Å². The second-order valence-corrected chi connectivity index (χ2v) is 5.34. The van der Waals surface area contributed by atoms with Gasteiger partial charge in [-0.05, 0) is 37.3 Å². The molecule has 0 fully saturated rings. The second kappa shape index (κ2) is 5.93. The van der Waals surface area contributed by atoms with E-state index in [1.165, 1.54) is 11.3 Å². The number of nitrogens with one attached hydrogen (secondary N) is 1. The van der Waals surface area contributed by atoms with E-state index in [0.29, 0.717) is 12.2 Å². The summed E-state index contributed by atoms with van der Waals surface area (Å²) in [6.07, 6.45) is 0. The number of ether oxygens (including phenoxy) is 1. The third-order valence-electron chi connectivity index (χ3n) is 3.00. The van der Waals surface area contributed by atoms with E-state index in [9.17, 15) is 4.79 Å². The van der Waals surface area contributed by atoms with Crippen LogP contribution in [-0.4, -0.2) is 17.5 Å². The summed E-state index contributed by atoms with van der Waals surface area (Å²) in [4.78, 5) is 16.5. The van der Waals surface area contributed by atoms with Gasteiger partial charge in [-0.1, -0.05) is 6.07 Å². The van der Waals surface area contributed by atoms with Crippen LogP contribution in [-0.2, 0) is 0 Å². The quantitative estimate of drug-likeness (QED) is 0.793. The highest BCUT2D eigenvalue weighted by Gasteiger charge is 2.08. The number of benzene rings is 2. The number of anilines is 1.